The van der Waals surface area contributed by atoms with Gasteiger partial charge < -0.3 is 5.32 Å². The Hall–Kier alpha value is -1.54. The van der Waals surface area contributed by atoms with E-state index in [1.807, 2.05) is 0 Å². The van der Waals surface area contributed by atoms with Crippen LogP contribution in [0.15, 0.2) is 30.9 Å². The zero-order chi connectivity index (χ0) is 17.3. The number of piperazine rings is 1. The predicted octanol–water partition coefficient (Wildman–Crippen LogP) is 3.86. The highest BCUT2D eigenvalue weighted by atomic mass is 19.4. The summed E-state index contributed by atoms with van der Waals surface area (Å²) in [5.74, 6) is 0. The van der Waals surface area contributed by atoms with Gasteiger partial charge >= 0.3 is 12.4 Å². The summed E-state index contributed by atoms with van der Waals surface area (Å²) in [6.07, 6.45) is -8.35. The number of alkyl halides is 6. The third-order valence-corrected chi connectivity index (χ3v) is 3.77. The maximum Gasteiger partial charge on any atom is 0.416 e. The molecule has 8 heteroatoms. The Labute approximate surface area is 129 Å². The van der Waals surface area contributed by atoms with E-state index in [2.05, 4.69) is 11.9 Å². The number of rotatable bonds is 3. The topological polar surface area (TPSA) is 15.3 Å². The summed E-state index contributed by atoms with van der Waals surface area (Å²) in [6, 6.07) is 0.980. The van der Waals surface area contributed by atoms with Crippen LogP contribution in [0.25, 0.3) is 0 Å². The van der Waals surface area contributed by atoms with Crippen LogP contribution in [0.4, 0.5) is 26.3 Å². The molecule has 0 spiro atoms. The molecule has 23 heavy (non-hydrogen) atoms. The molecule has 2 nitrogen and oxygen atoms in total. The maximum atomic E-state index is 13.2. The molecule has 1 heterocycles. The van der Waals surface area contributed by atoms with Crippen molar-refractivity contribution < 1.29 is 26.3 Å². The minimum Gasteiger partial charge on any atom is -0.314 e. The van der Waals surface area contributed by atoms with Crippen molar-refractivity contribution in [1.29, 1.82) is 0 Å². The van der Waals surface area contributed by atoms with Crippen molar-refractivity contribution in [2.24, 2.45) is 0 Å². The Balaban J connectivity index is 2.49. The van der Waals surface area contributed by atoms with Gasteiger partial charge in [-0.1, -0.05) is 12.1 Å². The third kappa shape index (κ3) is 4.06. The van der Waals surface area contributed by atoms with E-state index in [1.165, 1.54) is 6.08 Å². The van der Waals surface area contributed by atoms with E-state index in [9.17, 15) is 26.3 Å². The van der Waals surface area contributed by atoms with Crippen molar-refractivity contribution in [2.75, 3.05) is 26.2 Å². The smallest absolute Gasteiger partial charge is 0.314 e. The van der Waals surface area contributed by atoms with E-state index in [4.69, 9.17) is 0 Å². The Morgan fingerprint density at radius 1 is 1.04 bits per heavy atom. The second-order valence-corrected chi connectivity index (χ2v) is 5.26. The highest BCUT2D eigenvalue weighted by Crippen LogP contribution is 2.40. The Kier molecular flexibility index (Phi) is 5.05. The maximum absolute atomic E-state index is 13.2. The minimum atomic E-state index is -4.87. The van der Waals surface area contributed by atoms with E-state index in [0.29, 0.717) is 32.2 Å². The van der Waals surface area contributed by atoms with Crippen LogP contribution in [-0.4, -0.2) is 31.1 Å². The minimum absolute atomic E-state index is 0.175. The van der Waals surface area contributed by atoms with E-state index < -0.39 is 29.5 Å². The van der Waals surface area contributed by atoms with Crippen LogP contribution >= 0.6 is 0 Å². The van der Waals surface area contributed by atoms with E-state index in [-0.39, 0.29) is 11.6 Å². The van der Waals surface area contributed by atoms with Gasteiger partial charge in [-0.3, -0.25) is 4.90 Å². The van der Waals surface area contributed by atoms with E-state index in [1.54, 1.807) is 4.90 Å². The number of benzene rings is 1. The van der Waals surface area contributed by atoms with Crippen LogP contribution in [0.1, 0.15) is 22.7 Å². The number of halogens is 6. The molecule has 0 aromatic heterocycles. The van der Waals surface area contributed by atoms with Gasteiger partial charge in [-0.25, -0.2) is 0 Å². The van der Waals surface area contributed by atoms with Gasteiger partial charge in [0.1, 0.15) is 0 Å². The Bertz CT molecular complexity index is 558. The monoisotopic (exact) mass is 338 g/mol. The van der Waals surface area contributed by atoms with Gasteiger partial charge in [0.15, 0.2) is 0 Å². The second-order valence-electron chi connectivity index (χ2n) is 5.26. The Morgan fingerprint density at radius 2 is 1.65 bits per heavy atom. The predicted molar refractivity (Wildman–Crippen MR) is 73.8 cm³/mol. The molecule has 1 fully saturated rings. The lowest BCUT2D eigenvalue weighted by Crippen LogP contribution is -2.45. The van der Waals surface area contributed by atoms with Crippen LogP contribution in [0.3, 0.4) is 0 Å². The number of nitrogens with zero attached hydrogens (tertiary/aromatic N) is 1. The van der Waals surface area contributed by atoms with Crippen LogP contribution < -0.4 is 5.32 Å². The molecule has 0 aliphatic carbocycles. The first-order valence-electron chi connectivity index (χ1n) is 7.00. The van der Waals surface area contributed by atoms with Crippen molar-refractivity contribution in [2.45, 2.75) is 18.4 Å². The average Bonchev–Trinajstić information content (AvgIpc) is 2.47. The van der Waals surface area contributed by atoms with E-state index in [0.717, 1.165) is 6.07 Å². The summed E-state index contributed by atoms with van der Waals surface area (Å²) in [6.45, 7) is 5.75. The highest BCUT2D eigenvalue weighted by molar-refractivity contribution is 5.39. The molecule has 1 aliphatic heterocycles. The van der Waals surface area contributed by atoms with Gasteiger partial charge in [-0.05, 0) is 17.7 Å². The van der Waals surface area contributed by atoms with Crippen LogP contribution in [0.2, 0.25) is 0 Å². The molecule has 0 bridgehead atoms. The molecule has 1 aromatic carbocycles. The molecule has 1 aliphatic rings. The first-order valence-corrected chi connectivity index (χ1v) is 7.00. The molecule has 0 unspecified atom stereocenters. The summed E-state index contributed by atoms with van der Waals surface area (Å²) < 4.78 is 77.9. The quantitative estimate of drug-likeness (QED) is 0.665. The van der Waals surface area contributed by atoms with Crippen molar-refractivity contribution in [1.82, 2.24) is 10.2 Å². The highest BCUT2D eigenvalue weighted by Gasteiger charge is 2.39. The molecular formula is C15H16F6N2. The molecule has 0 amide bonds. The van der Waals surface area contributed by atoms with Crippen LogP contribution in [0, 0.1) is 0 Å². The van der Waals surface area contributed by atoms with Gasteiger partial charge in [0.2, 0.25) is 0 Å². The average molecular weight is 338 g/mol. The number of nitrogens with one attached hydrogen (secondary N) is 1. The lowest BCUT2D eigenvalue weighted by molar-refractivity contribution is -0.143. The zero-order valence-electron chi connectivity index (χ0n) is 12.1. The van der Waals surface area contributed by atoms with Crippen LogP contribution in [-0.2, 0) is 12.4 Å². The van der Waals surface area contributed by atoms with Crippen molar-refractivity contribution >= 4 is 0 Å². The third-order valence-electron chi connectivity index (χ3n) is 3.77. The molecule has 128 valence electrons. The zero-order valence-corrected chi connectivity index (χ0v) is 12.1. The second kappa shape index (κ2) is 6.52. The fraction of sp³-hybridized carbons (Fsp3) is 0.467. The van der Waals surface area contributed by atoms with Crippen LogP contribution in [0.5, 0.6) is 0 Å². The van der Waals surface area contributed by atoms with Gasteiger partial charge in [0, 0.05) is 26.2 Å². The molecule has 1 N–H and O–H groups in total. The first-order chi connectivity index (χ1) is 10.6. The molecule has 0 radical (unpaired) electrons. The fourth-order valence-corrected chi connectivity index (χ4v) is 2.67. The summed E-state index contributed by atoms with van der Waals surface area (Å²) in [7, 11) is 0. The summed E-state index contributed by atoms with van der Waals surface area (Å²) >= 11 is 0. The number of hydrogen-bond donors (Lipinski definition) is 1. The first kappa shape index (κ1) is 17.8. The summed E-state index contributed by atoms with van der Waals surface area (Å²) in [5.41, 5.74) is -2.78. The molecule has 1 saturated heterocycles. The molecule has 2 rings (SSSR count). The molecular weight excluding hydrogens is 322 g/mol. The van der Waals surface area contributed by atoms with Crippen molar-refractivity contribution in [3.63, 3.8) is 0 Å². The summed E-state index contributed by atoms with van der Waals surface area (Å²) in [5, 5.41) is 3.07. The van der Waals surface area contributed by atoms with E-state index >= 15 is 0 Å². The molecule has 1 atom stereocenters. The summed E-state index contributed by atoms with van der Waals surface area (Å²) in [4.78, 5) is 1.77. The van der Waals surface area contributed by atoms with Gasteiger partial charge in [-0.2, -0.15) is 26.3 Å². The lowest BCUT2D eigenvalue weighted by Gasteiger charge is -2.34. The largest absolute Gasteiger partial charge is 0.416 e. The molecule has 1 aromatic rings. The Morgan fingerprint density at radius 3 is 2.13 bits per heavy atom. The normalized spacial score (nSPS) is 18.7. The SMILES string of the molecule is C=C[C@H](c1ccc(C(F)(F)F)cc1C(F)(F)F)N1CCNCC1. The number of hydrogen-bond acceptors (Lipinski definition) is 2. The fourth-order valence-electron chi connectivity index (χ4n) is 2.67. The van der Waals surface area contributed by atoms with Gasteiger partial charge in [-0.15, -0.1) is 6.58 Å². The van der Waals surface area contributed by atoms with Gasteiger partial charge in [0.25, 0.3) is 0 Å². The van der Waals surface area contributed by atoms with Crippen molar-refractivity contribution in [3.05, 3.63) is 47.5 Å². The van der Waals surface area contributed by atoms with Gasteiger partial charge in [0.05, 0.1) is 17.2 Å². The standard InChI is InChI=1S/C15H16F6N2/c1-2-13(23-7-5-22-6-8-23)11-4-3-10(14(16,17)18)9-12(11)15(19,20)21/h2-4,9,13,22H,1,5-8H2/t13-/m1/s1. The lowest BCUT2D eigenvalue weighted by atomic mass is 9.95. The van der Waals surface area contributed by atoms with Crippen molar-refractivity contribution in [3.8, 4) is 0 Å². The molecule has 0 saturated carbocycles.